The highest BCUT2D eigenvalue weighted by molar-refractivity contribution is 6.04. The van der Waals surface area contributed by atoms with E-state index in [1.165, 1.54) is 11.1 Å². The van der Waals surface area contributed by atoms with Crippen molar-refractivity contribution in [2.45, 2.75) is 53.4 Å². The van der Waals surface area contributed by atoms with Crippen LogP contribution in [0.3, 0.4) is 0 Å². The smallest absolute Gasteiger partial charge is 0.147 e. The molecular formula is C39H36N2O. The second-order valence-electron chi connectivity index (χ2n) is 11.6. The second kappa shape index (κ2) is 11.0. The van der Waals surface area contributed by atoms with Crippen molar-refractivity contribution in [3.63, 3.8) is 0 Å². The zero-order valence-corrected chi connectivity index (χ0v) is 25.2. The third kappa shape index (κ3) is 4.79. The number of benzene rings is 4. The van der Waals surface area contributed by atoms with Crippen LogP contribution in [0.15, 0.2) is 97.1 Å². The topological polar surface area (TPSA) is 42.9 Å². The van der Waals surface area contributed by atoms with Gasteiger partial charge in [-0.1, -0.05) is 97.8 Å². The van der Waals surface area contributed by atoms with Crippen molar-refractivity contribution in [3.05, 3.63) is 131 Å². The van der Waals surface area contributed by atoms with E-state index in [9.17, 15) is 4.79 Å². The van der Waals surface area contributed by atoms with Crippen molar-refractivity contribution in [2.75, 3.05) is 0 Å². The molecule has 6 aromatic rings. The van der Waals surface area contributed by atoms with E-state index >= 15 is 0 Å². The normalized spacial score (nSPS) is 12.9. The molecule has 0 saturated carbocycles. The lowest BCUT2D eigenvalue weighted by Crippen LogP contribution is -2.20. The number of nitrogens with zero attached hydrogens (tertiary/aromatic N) is 2. The van der Waals surface area contributed by atoms with Crippen LogP contribution in [0.5, 0.6) is 0 Å². The predicted molar refractivity (Wildman–Crippen MR) is 175 cm³/mol. The minimum absolute atomic E-state index is 0.165. The first-order valence-electron chi connectivity index (χ1n) is 14.7. The number of carbonyl (C=O) groups is 1. The first-order valence-corrected chi connectivity index (χ1v) is 14.7. The van der Waals surface area contributed by atoms with Crippen LogP contribution >= 0.6 is 0 Å². The van der Waals surface area contributed by atoms with Crippen LogP contribution in [0, 0.1) is 27.7 Å². The Labute approximate surface area is 248 Å². The first kappa shape index (κ1) is 27.5. The molecule has 0 aliphatic carbocycles. The van der Waals surface area contributed by atoms with Crippen molar-refractivity contribution in [3.8, 4) is 22.3 Å². The number of aryl methyl sites for hydroxylation is 4. The quantitative estimate of drug-likeness (QED) is 0.208. The standard InChI is InChI=1S/C39H36N2O/c1-23-17-19-33-31(21-23)37(29-13-9-7-10-14-29)35(27(5)40-33)25(3)39(42)26(4)36-28(6)41-34-20-18-24(2)22-32(34)38(36)30-15-11-8-12-16-30/h7-22,25-26H,1-6H3. The van der Waals surface area contributed by atoms with Crippen LogP contribution in [0.2, 0.25) is 0 Å². The van der Waals surface area contributed by atoms with Crippen molar-refractivity contribution in [1.29, 1.82) is 0 Å². The molecule has 0 saturated heterocycles. The Balaban J connectivity index is 1.56. The van der Waals surface area contributed by atoms with E-state index in [2.05, 4.69) is 98.8 Å². The van der Waals surface area contributed by atoms with Gasteiger partial charge in [0.25, 0.3) is 0 Å². The maximum Gasteiger partial charge on any atom is 0.147 e. The van der Waals surface area contributed by atoms with Gasteiger partial charge in [0.05, 0.1) is 11.0 Å². The lowest BCUT2D eigenvalue weighted by atomic mass is 9.78. The number of hydrogen-bond acceptors (Lipinski definition) is 3. The fourth-order valence-corrected chi connectivity index (χ4v) is 6.58. The molecule has 0 N–H and O–H groups in total. The molecule has 0 bridgehead atoms. The summed E-state index contributed by atoms with van der Waals surface area (Å²) in [5.74, 6) is -0.578. The summed E-state index contributed by atoms with van der Waals surface area (Å²) in [4.78, 5) is 24.7. The van der Waals surface area contributed by atoms with E-state index in [1.54, 1.807) is 0 Å². The molecule has 4 aromatic carbocycles. The minimum atomic E-state index is -0.371. The third-order valence-corrected chi connectivity index (χ3v) is 8.58. The molecule has 0 radical (unpaired) electrons. The molecule has 2 aromatic heterocycles. The summed E-state index contributed by atoms with van der Waals surface area (Å²) >= 11 is 0. The molecular weight excluding hydrogens is 512 g/mol. The van der Waals surface area contributed by atoms with Gasteiger partial charge in [0, 0.05) is 34.0 Å². The highest BCUT2D eigenvalue weighted by atomic mass is 16.1. The van der Waals surface area contributed by atoms with E-state index in [1.807, 2.05) is 39.8 Å². The Kier molecular flexibility index (Phi) is 7.20. The summed E-state index contributed by atoms with van der Waals surface area (Å²) in [5, 5.41) is 2.16. The van der Waals surface area contributed by atoms with Gasteiger partial charge in [-0.3, -0.25) is 14.8 Å². The SMILES string of the molecule is Cc1ccc2nc(C)c(C(C)C(=O)C(C)c3c(C)nc4ccc(C)cc4c3-c3ccccc3)c(-c3ccccc3)c2c1. The second-order valence-corrected chi connectivity index (χ2v) is 11.6. The Bertz CT molecular complexity index is 1820. The molecule has 6 rings (SSSR count). The van der Waals surface area contributed by atoms with Crippen LogP contribution in [0.4, 0.5) is 0 Å². The number of hydrogen-bond donors (Lipinski definition) is 0. The Morgan fingerprint density at radius 1 is 0.548 bits per heavy atom. The average molecular weight is 549 g/mol. The van der Waals surface area contributed by atoms with E-state index in [4.69, 9.17) is 9.97 Å². The van der Waals surface area contributed by atoms with E-state index < -0.39 is 0 Å². The number of ketones is 1. The van der Waals surface area contributed by atoms with Crippen LogP contribution in [-0.4, -0.2) is 15.8 Å². The lowest BCUT2D eigenvalue weighted by molar-refractivity contribution is -0.121. The zero-order valence-electron chi connectivity index (χ0n) is 25.2. The van der Waals surface area contributed by atoms with Crippen molar-refractivity contribution >= 4 is 27.6 Å². The van der Waals surface area contributed by atoms with Gasteiger partial charge in [0.1, 0.15) is 5.78 Å². The van der Waals surface area contributed by atoms with Gasteiger partial charge in [-0.15, -0.1) is 0 Å². The van der Waals surface area contributed by atoms with E-state index in [-0.39, 0.29) is 17.6 Å². The first-order chi connectivity index (χ1) is 20.2. The summed E-state index contributed by atoms with van der Waals surface area (Å²) < 4.78 is 0. The fraction of sp³-hybridized carbons (Fsp3) is 0.205. The monoisotopic (exact) mass is 548 g/mol. The van der Waals surface area contributed by atoms with Gasteiger partial charge >= 0.3 is 0 Å². The molecule has 2 unspecified atom stereocenters. The third-order valence-electron chi connectivity index (χ3n) is 8.58. The number of pyridine rings is 2. The lowest BCUT2D eigenvalue weighted by Gasteiger charge is -2.25. The highest BCUT2D eigenvalue weighted by Crippen LogP contribution is 2.42. The van der Waals surface area contributed by atoms with Crippen LogP contribution in [-0.2, 0) is 4.79 Å². The molecule has 3 heteroatoms. The number of Topliss-reactive ketones (excluding diaryl/α,β-unsaturated/α-hetero) is 1. The minimum Gasteiger partial charge on any atom is -0.298 e. The molecule has 2 atom stereocenters. The van der Waals surface area contributed by atoms with Gasteiger partial charge in [-0.05, 0) is 85.3 Å². The number of aromatic nitrogens is 2. The maximum absolute atomic E-state index is 14.7. The molecule has 3 nitrogen and oxygen atoms in total. The van der Waals surface area contributed by atoms with Crippen molar-refractivity contribution in [1.82, 2.24) is 9.97 Å². The number of rotatable bonds is 6. The Morgan fingerprint density at radius 3 is 1.31 bits per heavy atom. The summed E-state index contributed by atoms with van der Waals surface area (Å²) in [7, 11) is 0. The van der Waals surface area contributed by atoms with Crippen molar-refractivity contribution in [2.24, 2.45) is 0 Å². The van der Waals surface area contributed by atoms with Gasteiger partial charge in [0.2, 0.25) is 0 Å². The maximum atomic E-state index is 14.7. The molecule has 208 valence electrons. The van der Waals surface area contributed by atoms with Gasteiger partial charge in [-0.25, -0.2) is 0 Å². The molecule has 0 spiro atoms. The Morgan fingerprint density at radius 2 is 0.929 bits per heavy atom. The van der Waals surface area contributed by atoms with E-state index in [0.717, 1.165) is 66.6 Å². The molecule has 0 aliphatic heterocycles. The fourth-order valence-electron chi connectivity index (χ4n) is 6.58. The van der Waals surface area contributed by atoms with Crippen LogP contribution in [0.25, 0.3) is 44.1 Å². The van der Waals surface area contributed by atoms with Gasteiger partial charge in [0.15, 0.2) is 0 Å². The molecule has 0 aliphatic rings. The summed E-state index contributed by atoms with van der Waals surface area (Å²) in [6, 6.07) is 33.6. The average Bonchev–Trinajstić information content (AvgIpc) is 3.00. The highest BCUT2D eigenvalue weighted by Gasteiger charge is 2.31. The molecule has 2 heterocycles. The summed E-state index contributed by atoms with van der Waals surface area (Å²) in [6.45, 7) is 12.4. The Hall–Kier alpha value is -4.63. The number of carbonyl (C=O) groups excluding carboxylic acids is 1. The largest absolute Gasteiger partial charge is 0.298 e. The summed E-state index contributed by atoms with van der Waals surface area (Å²) in [5.41, 5.74) is 12.4. The predicted octanol–water partition coefficient (Wildman–Crippen LogP) is 9.83. The van der Waals surface area contributed by atoms with E-state index in [0.29, 0.717) is 0 Å². The molecule has 42 heavy (non-hydrogen) atoms. The van der Waals surface area contributed by atoms with Crippen LogP contribution in [0.1, 0.15) is 59.3 Å². The summed E-state index contributed by atoms with van der Waals surface area (Å²) in [6.07, 6.45) is 0. The van der Waals surface area contributed by atoms with Gasteiger partial charge in [-0.2, -0.15) is 0 Å². The number of fused-ring (bicyclic) bond motifs is 2. The zero-order chi connectivity index (χ0) is 29.5. The molecule has 0 amide bonds. The molecule has 0 fully saturated rings. The van der Waals surface area contributed by atoms with Crippen molar-refractivity contribution < 1.29 is 4.79 Å². The van der Waals surface area contributed by atoms with Gasteiger partial charge < -0.3 is 0 Å². The van der Waals surface area contributed by atoms with Crippen LogP contribution < -0.4 is 0 Å².